The first-order valence-electron chi connectivity index (χ1n) is 9.92. The van der Waals surface area contributed by atoms with Crippen LogP contribution < -0.4 is 10.1 Å². The van der Waals surface area contributed by atoms with E-state index in [1.54, 1.807) is 0 Å². The molecule has 150 valence electrons. The van der Waals surface area contributed by atoms with Crippen molar-refractivity contribution in [1.82, 2.24) is 0 Å². The predicted octanol–water partition coefficient (Wildman–Crippen LogP) is 7.13. The Bertz CT molecular complexity index is 1240. The summed E-state index contributed by atoms with van der Waals surface area (Å²) in [5.74, 6) is -0.739. The monoisotopic (exact) mass is 401 g/mol. The highest BCUT2D eigenvalue weighted by Gasteiger charge is 2.32. The number of halogens is 2. The van der Waals surface area contributed by atoms with E-state index < -0.39 is 11.6 Å². The molecule has 4 heteroatoms. The number of ether oxygens (including phenoxy) is 1. The molecule has 0 amide bonds. The SMILES string of the molecule is CC1=CC(C)(C)Nc2ccc3c(c21)/C(=C/c1ccccc1)Oc1c(F)cc(F)cc1-3. The Morgan fingerprint density at radius 1 is 0.933 bits per heavy atom. The van der Waals surface area contributed by atoms with Crippen LogP contribution >= 0.6 is 0 Å². The highest BCUT2D eigenvalue weighted by Crippen LogP contribution is 2.50. The van der Waals surface area contributed by atoms with Gasteiger partial charge in [-0.25, -0.2) is 8.78 Å². The number of nitrogens with one attached hydrogen (secondary N) is 1. The molecule has 2 nitrogen and oxygen atoms in total. The molecule has 0 spiro atoms. The number of hydrogen-bond acceptors (Lipinski definition) is 2. The van der Waals surface area contributed by atoms with E-state index in [1.807, 2.05) is 48.5 Å². The van der Waals surface area contributed by atoms with E-state index in [0.29, 0.717) is 11.3 Å². The average molecular weight is 401 g/mol. The van der Waals surface area contributed by atoms with Gasteiger partial charge in [-0.2, -0.15) is 0 Å². The highest BCUT2D eigenvalue weighted by molar-refractivity contribution is 6.00. The zero-order chi connectivity index (χ0) is 21.0. The van der Waals surface area contributed by atoms with Crippen LogP contribution in [0.2, 0.25) is 0 Å². The lowest BCUT2D eigenvalue weighted by atomic mass is 9.83. The number of benzene rings is 3. The van der Waals surface area contributed by atoms with Crippen LogP contribution in [0.1, 0.15) is 37.5 Å². The standard InChI is InChI=1S/C26H21F2NO/c1-15-14-26(2,3)29-21-10-9-18-19-12-17(27)13-20(28)25(19)30-22(24(18)23(15)21)11-16-7-5-4-6-8-16/h4-14,29H,1-3H3/b22-11-. The summed E-state index contributed by atoms with van der Waals surface area (Å²) in [5, 5.41) is 3.54. The molecule has 3 aromatic rings. The lowest BCUT2D eigenvalue weighted by molar-refractivity contribution is 0.460. The second-order valence-corrected chi connectivity index (χ2v) is 8.37. The summed E-state index contributed by atoms with van der Waals surface area (Å²) in [5.41, 5.74) is 5.82. The molecule has 0 unspecified atom stereocenters. The molecular weight excluding hydrogens is 380 g/mol. The van der Waals surface area contributed by atoms with Crippen molar-refractivity contribution in [3.8, 4) is 16.9 Å². The molecule has 0 bridgehead atoms. The van der Waals surface area contributed by atoms with Gasteiger partial charge in [-0.3, -0.25) is 0 Å². The second-order valence-electron chi connectivity index (χ2n) is 8.37. The second kappa shape index (κ2) is 6.56. The summed E-state index contributed by atoms with van der Waals surface area (Å²) < 4.78 is 34.8. The molecule has 5 rings (SSSR count). The van der Waals surface area contributed by atoms with E-state index in [9.17, 15) is 8.78 Å². The summed E-state index contributed by atoms with van der Waals surface area (Å²) >= 11 is 0. The number of rotatable bonds is 1. The fourth-order valence-electron chi connectivity index (χ4n) is 4.42. The van der Waals surface area contributed by atoms with Gasteiger partial charge in [-0.1, -0.05) is 42.5 Å². The van der Waals surface area contributed by atoms with Crippen molar-refractivity contribution in [3.63, 3.8) is 0 Å². The largest absolute Gasteiger partial charge is 0.453 e. The Hall–Kier alpha value is -3.40. The van der Waals surface area contributed by atoms with Crippen LogP contribution in [-0.4, -0.2) is 5.54 Å². The molecule has 0 saturated carbocycles. The van der Waals surface area contributed by atoms with Gasteiger partial charge in [0.1, 0.15) is 11.6 Å². The van der Waals surface area contributed by atoms with Gasteiger partial charge in [0.15, 0.2) is 11.6 Å². The van der Waals surface area contributed by atoms with E-state index in [1.165, 1.54) is 6.07 Å². The topological polar surface area (TPSA) is 21.3 Å². The van der Waals surface area contributed by atoms with Crippen molar-refractivity contribution < 1.29 is 13.5 Å². The van der Waals surface area contributed by atoms with Crippen molar-refractivity contribution in [2.45, 2.75) is 26.3 Å². The summed E-state index contributed by atoms with van der Waals surface area (Å²) in [6, 6.07) is 15.8. The van der Waals surface area contributed by atoms with Crippen LogP contribution in [0.25, 0.3) is 28.5 Å². The lowest BCUT2D eigenvalue weighted by Crippen LogP contribution is -2.32. The van der Waals surface area contributed by atoms with Crippen molar-refractivity contribution in [3.05, 3.63) is 89.0 Å². The normalized spacial score (nSPS) is 17.2. The Kier molecular flexibility index (Phi) is 4.07. The predicted molar refractivity (Wildman–Crippen MR) is 118 cm³/mol. The molecule has 2 aliphatic heterocycles. The fourth-order valence-corrected chi connectivity index (χ4v) is 4.42. The molecular formula is C26H21F2NO. The quantitative estimate of drug-likeness (QED) is 0.468. The maximum Gasteiger partial charge on any atom is 0.171 e. The molecule has 1 N–H and O–H groups in total. The van der Waals surface area contributed by atoms with Crippen molar-refractivity contribution in [1.29, 1.82) is 0 Å². The first kappa shape index (κ1) is 18.6. The summed E-state index contributed by atoms with van der Waals surface area (Å²) in [6.07, 6.45) is 4.06. The number of fused-ring (bicyclic) bond motifs is 5. The summed E-state index contributed by atoms with van der Waals surface area (Å²) in [4.78, 5) is 0. The van der Waals surface area contributed by atoms with Crippen LogP contribution in [0.4, 0.5) is 14.5 Å². The third-order valence-corrected chi connectivity index (χ3v) is 5.49. The minimum Gasteiger partial charge on any atom is -0.453 e. The van der Waals surface area contributed by atoms with Crippen molar-refractivity contribution in [2.75, 3.05) is 5.32 Å². The molecule has 2 aliphatic rings. The van der Waals surface area contributed by atoms with E-state index in [0.717, 1.165) is 39.6 Å². The first-order chi connectivity index (χ1) is 14.3. The molecule has 0 saturated heterocycles. The molecule has 2 heterocycles. The van der Waals surface area contributed by atoms with Gasteiger partial charge in [-0.05, 0) is 55.7 Å². The van der Waals surface area contributed by atoms with Gasteiger partial charge in [-0.15, -0.1) is 0 Å². The van der Waals surface area contributed by atoms with Gasteiger partial charge in [0, 0.05) is 28.4 Å². The Labute approximate surface area is 174 Å². The zero-order valence-corrected chi connectivity index (χ0v) is 17.0. The molecule has 0 radical (unpaired) electrons. The Morgan fingerprint density at radius 3 is 2.47 bits per heavy atom. The summed E-state index contributed by atoms with van der Waals surface area (Å²) in [6.45, 7) is 6.27. The van der Waals surface area contributed by atoms with E-state index >= 15 is 0 Å². The minimum atomic E-state index is -0.709. The zero-order valence-electron chi connectivity index (χ0n) is 17.0. The Balaban J connectivity index is 1.83. The lowest BCUT2D eigenvalue weighted by Gasteiger charge is -2.35. The van der Waals surface area contributed by atoms with Gasteiger partial charge in [0.2, 0.25) is 0 Å². The maximum atomic E-state index is 14.6. The third kappa shape index (κ3) is 3.00. The molecule has 0 aromatic heterocycles. The maximum absolute atomic E-state index is 14.6. The summed E-state index contributed by atoms with van der Waals surface area (Å²) in [7, 11) is 0. The number of allylic oxidation sites excluding steroid dienone is 1. The van der Waals surface area contributed by atoms with E-state index in [4.69, 9.17) is 4.74 Å². The minimum absolute atomic E-state index is 0.0526. The van der Waals surface area contributed by atoms with Crippen LogP contribution in [0, 0.1) is 11.6 Å². The van der Waals surface area contributed by atoms with E-state index in [-0.39, 0.29) is 11.3 Å². The van der Waals surface area contributed by atoms with Gasteiger partial charge in [0.25, 0.3) is 0 Å². The molecule has 3 aromatic carbocycles. The Morgan fingerprint density at radius 2 is 1.70 bits per heavy atom. The van der Waals surface area contributed by atoms with Crippen molar-refractivity contribution in [2.24, 2.45) is 0 Å². The molecule has 30 heavy (non-hydrogen) atoms. The third-order valence-electron chi connectivity index (χ3n) is 5.49. The fraction of sp³-hybridized carbons (Fsp3) is 0.154. The highest BCUT2D eigenvalue weighted by atomic mass is 19.1. The molecule has 0 fully saturated rings. The first-order valence-corrected chi connectivity index (χ1v) is 9.92. The van der Waals surface area contributed by atoms with Crippen LogP contribution in [0.5, 0.6) is 5.75 Å². The van der Waals surface area contributed by atoms with Gasteiger partial charge < -0.3 is 10.1 Å². The van der Waals surface area contributed by atoms with Gasteiger partial charge >= 0.3 is 0 Å². The smallest absolute Gasteiger partial charge is 0.171 e. The van der Waals surface area contributed by atoms with Gasteiger partial charge in [0.05, 0.1) is 5.54 Å². The van der Waals surface area contributed by atoms with Crippen LogP contribution in [-0.2, 0) is 0 Å². The molecule has 0 aliphatic carbocycles. The van der Waals surface area contributed by atoms with Crippen LogP contribution in [0.3, 0.4) is 0 Å². The number of hydrogen-bond donors (Lipinski definition) is 1. The van der Waals surface area contributed by atoms with E-state index in [2.05, 4.69) is 32.2 Å². The number of anilines is 1. The van der Waals surface area contributed by atoms with Crippen molar-refractivity contribution >= 4 is 23.1 Å². The average Bonchev–Trinajstić information content (AvgIpc) is 2.68. The molecule has 0 atom stereocenters. The van der Waals surface area contributed by atoms with Crippen LogP contribution in [0.15, 0.2) is 60.7 Å².